The number of ether oxygens (including phenoxy) is 2. The van der Waals surface area contributed by atoms with Gasteiger partial charge in [0.25, 0.3) is 5.91 Å². The van der Waals surface area contributed by atoms with E-state index in [-0.39, 0.29) is 11.9 Å². The van der Waals surface area contributed by atoms with Crippen molar-refractivity contribution in [3.05, 3.63) is 16.1 Å². The quantitative estimate of drug-likeness (QED) is 0.911. The lowest BCUT2D eigenvalue weighted by molar-refractivity contribution is -0.148. The van der Waals surface area contributed by atoms with Gasteiger partial charge in [0.1, 0.15) is 0 Å². The van der Waals surface area contributed by atoms with E-state index in [0.717, 1.165) is 5.69 Å². The summed E-state index contributed by atoms with van der Waals surface area (Å²) in [6.07, 6.45) is 2.01. The third kappa shape index (κ3) is 3.13. The summed E-state index contributed by atoms with van der Waals surface area (Å²) in [6.45, 7) is 3.33. The number of hydrogen-bond acceptors (Lipinski definition) is 5. The number of thiazole rings is 1. The van der Waals surface area contributed by atoms with Gasteiger partial charge in [-0.05, 0) is 19.8 Å². The Balaban J connectivity index is 1.56. The average molecular weight is 282 g/mol. The SMILES string of the molecule is CC(NC(=O)C1COCCO1)c1csc(C2CC2)n1. The molecule has 2 unspecified atom stereocenters. The van der Waals surface area contributed by atoms with Gasteiger partial charge in [0, 0.05) is 11.3 Å². The fourth-order valence-electron chi connectivity index (χ4n) is 2.04. The first-order chi connectivity index (χ1) is 9.24. The van der Waals surface area contributed by atoms with Crippen LogP contribution in [0.1, 0.15) is 42.4 Å². The highest BCUT2D eigenvalue weighted by Crippen LogP contribution is 2.41. The van der Waals surface area contributed by atoms with Crippen molar-refractivity contribution in [3.8, 4) is 0 Å². The Hall–Kier alpha value is -0.980. The minimum Gasteiger partial charge on any atom is -0.376 e. The molecule has 0 spiro atoms. The van der Waals surface area contributed by atoms with Crippen molar-refractivity contribution in [2.24, 2.45) is 0 Å². The number of amides is 1. The molecule has 1 saturated heterocycles. The van der Waals surface area contributed by atoms with Crippen molar-refractivity contribution in [1.29, 1.82) is 0 Å². The van der Waals surface area contributed by atoms with Crippen LogP contribution < -0.4 is 5.32 Å². The number of rotatable bonds is 4. The van der Waals surface area contributed by atoms with E-state index in [9.17, 15) is 4.79 Å². The number of carbonyl (C=O) groups excluding carboxylic acids is 1. The number of nitrogens with zero attached hydrogens (tertiary/aromatic N) is 1. The lowest BCUT2D eigenvalue weighted by Gasteiger charge is -2.23. The zero-order chi connectivity index (χ0) is 13.2. The minimum absolute atomic E-state index is 0.0817. The molecule has 1 N–H and O–H groups in total. The molecule has 0 radical (unpaired) electrons. The monoisotopic (exact) mass is 282 g/mol. The molecule has 3 rings (SSSR count). The maximum atomic E-state index is 12.0. The van der Waals surface area contributed by atoms with Crippen molar-refractivity contribution in [2.75, 3.05) is 19.8 Å². The van der Waals surface area contributed by atoms with E-state index in [1.807, 2.05) is 12.3 Å². The Kier molecular flexibility index (Phi) is 3.81. The first-order valence-corrected chi connectivity index (χ1v) is 7.57. The maximum absolute atomic E-state index is 12.0. The molecule has 1 saturated carbocycles. The van der Waals surface area contributed by atoms with E-state index in [1.165, 1.54) is 17.8 Å². The molecule has 1 amide bonds. The fraction of sp³-hybridized carbons (Fsp3) is 0.692. The zero-order valence-corrected chi connectivity index (χ0v) is 11.7. The van der Waals surface area contributed by atoms with Crippen molar-refractivity contribution in [1.82, 2.24) is 10.3 Å². The molecular formula is C13H18N2O3S. The van der Waals surface area contributed by atoms with Gasteiger partial charge in [0.05, 0.1) is 36.6 Å². The van der Waals surface area contributed by atoms with E-state index < -0.39 is 6.10 Å². The minimum atomic E-state index is -0.488. The van der Waals surface area contributed by atoms with E-state index in [1.54, 1.807) is 11.3 Å². The fourth-order valence-corrected chi connectivity index (χ4v) is 3.12. The molecule has 2 heterocycles. The summed E-state index contributed by atoms with van der Waals surface area (Å²) in [5.74, 6) is 0.546. The Morgan fingerprint density at radius 3 is 3.05 bits per heavy atom. The second-order valence-electron chi connectivity index (χ2n) is 5.05. The van der Waals surface area contributed by atoms with Gasteiger partial charge < -0.3 is 14.8 Å². The zero-order valence-electron chi connectivity index (χ0n) is 10.9. The predicted octanol–water partition coefficient (Wildman–Crippen LogP) is 1.61. The summed E-state index contributed by atoms with van der Waals surface area (Å²) in [4.78, 5) is 16.6. The van der Waals surface area contributed by atoms with Crippen LogP contribution in [0.4, 0.5) is 0 Å². The molecule has 2 fully saturated rings. The third-order valence-electron chi connectivity index (χ3n) is 3.38. The summed E-state index contributed by atoms with van der Waals surface area (Å²) in [5, 5.41) is 6.18. The van der Waals surface area contributed by atoms with Gasteiger partial charge in [-0.25, -0.2) is 4.98 Å². The molecular weight excluding hydrogens is 264 g/mol. The smallest absolute Gasteiger partial charge is 0.252 e. The van der Waals surface area contributed by atoms with Gasteiger partial charge in [-0.2, -0.15) is 0 Å². The van der Waals surface area contributed by atoms with Crippen molar-refractivity contribution in [2.45, 2.75) is 37.8 Å². The third-order valence-corrected chi connectivity index (χ3v) is 4.40. The van der Waals surface area contributed by atoms with Crippen LogP contribution >= 0.6 is 11.3 Å². The average Bonchev–Trinajstić information content (AvgIpc) is 3.17. The van der Waals surface area contributed by atoms with Crippen LogP contribution in [0.15, 0.2) is 5.38 Å². The highest BCUT2D eigenvalue weighted by Gasteiger charge is 2.28. The standard InChI is InChI=1S/C13H18N2O3S/c1-8(10-7-19-13(15-10)9-2-3-9)14-12(16)11-6-17-4-5-18-11/h7-9,11H,2-6H2,1H3,(H,14,16). The Morgan fingerprint density at radius 2 is 2.37 bits per heavy atom. The Morgan fingerprint density at radius 1 is 1.53 bits per heavy atom. The molecule has 1 aromatic rings. The second-order valence-corrected chi connectivity index (χ2v) is 5.94. The van der Waals surface area contributed by atoms with E-state index in [4.69, 9.17) is 9.47 Å². The van der Waals surface area contributed by atoms with Crippen LogP contribution in [0, 0.1) is 0 Å². The summed E-state index contributed by atoms with van der Waals surface area (Å²) >= 11 is 1.69. The van der Waals surface area contributed by atoms with Gasteiger partial charge in [-0.15, -0.1) is 11.3 Å². The summed E-state index contributed by atoms with van der Waals surface area (Å²) in [7, 11) is 0. The topological polar surface area (TPSA) is 60.5 Å². The largest absolute Gasteiger partial charge is 0.376 e. The molecule has 0 bridgehead atoms. The molecule has 19 heavy (non-hydrogen) atoms. The molecule has 5 nitrogen and oxygen atoms in total. The van der Waals surface area contributed by atoms with Gasteiger partial charge in [-0.3, -0.25) is 4.79 Å². The summed E-state index contributed by atoms with van der Waals surface area (Å²) in [6, 6.07) is -0.0817. The molecule has 2 atom stereocenters. The van der Waals surface area contributed by atoms with Gasteiger partial charge in [0.2, 0.25) is 0 Å². The van der Waals surface area contributed by atoms with Crippen molar-refractivity contribution < 1.29 is 14.3 Å². The van der Waals surface area contributed by atoms with Crippen molar-refractivity contribution in [3.63, 3.8) is 0 Å². The van der Waals surface area contributed by atoms with Crippen LogP contribution in [0.2, 0.25) is 0 Å². The normalized spacial score (nSPS) is 25.0. The highest BCUT2D eigenvalue weighted by molar-refractivity contribution is 7.09. The first-order valence-electron chi connectivity index (χ1n) is 6.69. The van der Waals surface area contributed by atoms with Crippen molar-refractivity contribution >= 4 is 17.2 Å². The summed E-state index contributed by atoms with van der Waals surface area (Å²) < 4.78 is 10.6. The highest BCUT2D eigenvalue weighted by atomic mass is 32.1. The number of aromatic nitrogens is 1. The second kappa shape index (κ2) is 5.56. The number of hydrogen-bond donors (Lipinski definition) is 1. The van der Waals surface area contributed by atoms with Gasteiger partial charge in [0.15, 0.2) is 6.10 Å². The Labute approximate surface area is 116 Å². The van der Waals surface area contributed by atoms with Crippen LogP contribution in [-0.4, -0.2) is 36.8 Å². The molecule has 0 aromatic carbocycles. The van der Waals surface area contributed by atoms with Crippen LogP contribution in [0.5, 0.6) is 0 Å². The van der Waals surface area contributed by atoms with E-state index >= 15 is 0 Å². The lowest BCUT2D eigenvalue weighted by Crippen LogP contribution is -2.43. The number of carbonyl (C=O) groups is 1. The van der Waals surface area contributed by atoms with Gasteiger partial charge in [-0.1, -0.05) is 0 Å². The molecule has 1 aromatic heterocycles. The van der Waals surface area contributed by atoms with Crippen LogP contribution in [0.25, 0.3) is 0 Å². The molecule has 6 heteroatoms. The van der Waals surface area contributed by atoms with Crippen LogP contribution in [-0.2, 0) is 14.3 Å². The van der Waals surface area contributed by atoms with Crippen LogP contribution in [0.3, 0.4) is 0 Å². The maximum Gasteiger partial charge on any atom is 0.252 e. The first kappa shape index (κ1) is 13.0. The molecule has 1 aliphatic carbocycles. The Bertz CT molecular complexity index is 452. The molecule has 1 aliphatic heterocycles. The summed E-state index contributed by atoms with van der Waals surface area (Å²) in [5.41, 5.74) is 0.942. The van der Waals surface area contributed by atoms with E-state index in [2.05, 4.69) is 10.3 Å². The predicted molar refractivity (Wildman–Crippen MR) is 71.2 cm³/mol. The molecule has 2 aliphatic rings. The van der Waals surface area contributed by atoms with E-state index in [0.29, 0.717) is 25.7 Å². The lowest BCUT2D eigenvalue weighted by atomic mass is 10.2. The number of nitrogens with one attached hydrogen (secondary N) is 1. The van der Waals surface area contributed by atoms with Gasteiger partial charge >= 0.3 is 0 Å². The molecule has 104 valence electrons.